The maximum atomic E-state index is 11.9. The third-order valence-corrected chi connectivity index (χ3v) is 3.88. The number of halogens is 1. The van der Waals surface area contributed by atoms with Gasteiger partial charge in [0, 0.05) is 13.1 Å². The number of hydrogen-bond acceptors (Lipinski definition) is 4. The standard InChI is InChI=1S/C13H15BrN4O2/c1-2-5-18-13(20)12(14)10(8-16-18)15-9-11(19)17-6-3-4-7-17/h1,8,15H,3-7,9H2. The SMILES string of the molecule is C#CCn1ncc(NCC(=O)N2CCCC2)c(Br)c1=O. The Bertz CT molecular complexity index is 599. The van der Waals surface area contributed by atoms with Gasteiger partial charge in [0.2, 0.25) is 5.91 Å². The van der Waals surface area contributed by atoms with Crippen molar-refractivity contribution in [2.75, 3.05) is 25.0 Å². The number of hydrogen-bond donors (Lipinski definition) is 1. The van der Waals surface area contributed by atoms with E-state index >= 15 is 0 Å². The highest BCUT2D eigenvalue weighted by Gasteiger charge is 2.18. The summed E-state index contributed by atoms with van der Waals surface area (Å²) in [4.78, 5) is 25.6. The minimum Gasteiger partial charge on any atom is -0.374 e. The predicted molar refractivity (Wildman–Crippen MR) is 79.3 cm³/mol. The van der Waals surface area contributed by atoms with Crippen LogP contribution in [0.2, 0.25) is 0 Å². The second kappa shape index (κ2) is 6.57. The normalized spacial score (nSPS) is 14.1. The van der Waals surface area contributed by atoms with Crippen LogP contribution in [0.25, 0.3) is 0 Å². The maximum Gasteiger partial charge on any atom is 0.284 e. The second-order valence-corrected chi connectivity index (χ2v) is 5.27. The van der Waals surface area contributed by atoms with E-state index in [9.17, 15) is 9.59 Å². The molecule has 6 nitrogen and oxygen atoms in total. The van der Waals surface area contributed by atoms with Crippen LogP contribution < -0.4 is 10.9 Å². The molecular weight excluding hydrogens is 324 g/mol. The fourth-order valence-corrected chi connectivity index (χ4v) is 2.48. The zero-order chi connectivity index (χ0) is 14.5. The highest BCUT2D eigenvalue weighted by molar-refractivity contribution is 9.10. The second-order valence-electron chi connectivity index (χ2n) is 4.48. The summed E-state index contributed by atoms with van der Waals surface area (Å²) in [5, 5.41) is 6.88. The molecular formula is C13H15BrN4O2. The van der Waals surface area contributed by atoms with Gasteiger partial charge in [0.1, 0.15) is 11.0 Å². The Hall–Kier alpha value is -1.81. The summed E-state index contributed by atoms with van der Waals surface area (Å²) in [7, 11) is 0. The highest BCUT2D eigenvalue weighted by Crippen LogP contribution is 2.16. The van der Waals surface area contributed by atoms with E-state index in [0.29, 0.717) is 10.2 Å². The summed E-state index contributed by atoms with van der Waals surface area (Å²) >= 11 is 3.21. The maximum absolute atomic E-state index is 11.9. The van der Waals surface area contributed by atoms with Crippen molar-refractivity contribution in [3.63, 3.8) is 0 Å². The van der Waals surface area contributed by atoms with Crippen LogP contribution in [0.1, 0.15) is 12.8 Å². The number of likely N-dealkylation sites (tertiary alicyclic amines) is 1. The van der Waals surface area contributed by atoms with Crippen molar-refractivity contribution in [3.8, 4) is 12.3 Å². The number of carbonyl (C=O) groups excluding carboxylic acids is 1. The van der Waals surface area contributed by atoms with Gasteiger partial charge in [0.25, 0.3) is 5.56 Å². The van der Waals surface area contributed by atoms with E-state index < -0.39 is 0 Å². The molecule has 0 aromatic carbocycles. The van der Waals surface area contributed by atoms with Crippen LogP contribution in [0.3, 0.4) is 0 Å². The molecule has 1 aromatic rings. The summed E-state index contributed by atoms with van der Waals surface area (Å²) in [6, 6.07) is 0. The average Bonchev–Trinajstić information content (AvgIpc) is 2.97. The topological polar surface area (TPSA) is 67.2 Å². The van der Waals surface area contributed by atoms with Gasteiger partial charge in [-0.15, -0.1) is 6.42 Å². The number of aromatic nitrogens is 2. The lowest BCUT2D eigenvalue weighted by atomic mass is 10.4. The average molecular weight is 339 g/mol. The predicted octanol–water partition coefficient (Wildman–Crippen LogP) is 0.673. The first-order valence-electron chi connectivity index (χ1n) is 6.34. The van der Waals surface area contributed by atoms with Crippen molar-refractivity contribution in [2.45, 2.75) is 19.4 Å². The molecule has 1 fully saturated rings. The molecule has 1 amide bonds. The van der Waals surface area contributed by atoms with Crippen molar-refractivity contribution in [1.82, 2.24) is 14.7 Å². The van der Waals surface area contributed by atoms with Gasteiger partial charge in [-0.1, -0.05) is 5.92 Å². The number of terminal acetylenes is 1. The first-order chi connectivity index (χ1) is 9.63. The Morgan fingerprint density at radius 2 is 2.20 bits per heavy atom. The zero-order valence-electron chi connectivity index (χ0n) is 10.9. The molecule has 0 saturated carbocycles. The Labute approximate surface area is 125 Å². The summed E-state index contributed by atoms with van der Waals surface area (Å²) in [5.41, 5.74) is 0.178. The van der Waals surface area contributed by atoms with E-state index in [0.717, 1.165) is 25.9 Å². The molecule has 1 aromatic heterocycles. The first kappa shape index (κ1) is 14.6. The molecule has 20 heavy (non-hydrogen) atoms. The molecule has 0 bridgehead atoms. The molecule has 2 heterocycles. The van der Waals surface area contributed by atoms with Crippen molar-refractivity contribution in [1.29, 1.82) is 0 Å². The van der Waals surface area contributed by atoms with Crippen LogP contribution in [0.15, 0.2) is 15.5 Å². The third kappa shape index (κ3) is 3.20. The Morgan fingerprint density at radius 3 is 2.85 bits per heavy atom. The van der Waals surface area contributed by atoms with E-state index in [4.69, 9.17) is 6.42 Å². The molecule has 0 radical (unpaired) electrons. The summed E-state index contributed by atoms with van der Waals surface area (Å²) in [5.74, 6) is 2.39. The van der Waals surface area contributed by atoms with Gasteiger partial charge in [-0.05, 0) is 28.8 Å². The number of rotatable bonds is 4. The van der Waals surface area contributed by atoms with Gasteiger partial charge in [0.15, 0.2) is 0 Å². The van der Waals surface area contributed by atoms with Gasteiger partial charge >= 0.3 is 0 Å². The number of amides is 1. The quantitative estimate of drug-likeness (QED) is 0.819. The van der Waals surface area contributed by atoms with Crippen LogP contribution >= 0.6 is 15.9 Å². The van der Waals surface area contributed by atoms with Crippen molar-refractivity contribution in [2.24, 2.45) is 0 Å². The molecule has 1 saturated heterocycles. The highest BCUT2D eigenvalue weighted by atomic mass is 79.9. The minimum atomic E-state index is -0.318. The van der Waals surface area contributed by atoms with Gasteiger partial charge in [0.05, 0.1) is 18.4 Å². The molecule has 106 valence electrons. The summed E-state index contributed by atoms with van der Waals surface area (Å²) in [6.45, 7) is 1.89. The Morgan fingerprint density at radius 1 is 1.50 bits per heavy atom. The van der Waals surface area contributed by atoms with E-state index in [1.807, 2.05) is 4.90 Å². The Balaban J connectivity index is 2.03. The number of nitrogens with one attached hydrogen (secondary N) is 1. The van der Waals surface area contributed by atoms with Crippen LogP contribution in [0.5, 0.6) is 0 Å². The minimum absolute atomic E-state index is 0.0298. The van der Waals surface area contributed by atoms with Crippen LogP contribution in [-0.4, -0.2) is 40.2 Å². The lowest BCUT2D eigenvalue weighted by Crippen LogP contribution is -2.33. The Kier molecular flexibility index (Phi) is 4.79. The van der Waals surface area contributed by atoms with E-state index in [-0.39, 0.29) is 24.6 Å². The summed E-state index contributed by atoms with van der Waals surface area (Å²) in [6.07, 6.45) is 8.75. The summed E-state index contributed by atoms with van der Waals surface area (Å²) < 4.78 is 1.51. The van der Waals surface area contributed by atoms with Gasteiger partial charge < -0.3 is 10.2 Å². The largest absolute Gasteiger partial charge is 0.374 e. The molecule has 1 aliphatic heterocycles. The number of nitrogens with zero attached hydrogens (tertiary/aromatic N) is 3. The van der Waals surface area contributed by atoms with Gasteiger partial charge in [-0.2, -0.15) is 5.10 Å². The van der Waals surface area contributed by atoms with E-state index in [1.165, 1.54) is 10.9 Å². The molecule has 2 rings (SSSR count). The molecule has 0 atom stereocenters. The molecule has 0 unspecified atom stereocenters. The van der Waals surface area contributed by atoms with Crippen LogP contribution in [-0.2, 0) is 11.3 Å². The molecule has 0 spiro atoms. The van der Waals surface area contributed by atoms with Crippen LogP contribution in [0, 0.1) is 12.3 Å². The van der Waals surface area contributed by atoms with Crippen molar-refractivity contribution in [3.05, 3.63) is 21.0 Å². The fraction of sp³-hybridized carbons (Fsp3) is 0.462. The molecule has 1 aliphatic rings. The third-order valence-electron chi connectivity index (χ3n) is 3.11. The molecule has 1 N–H and O–H groups in total. The van der Waals surface area contributed by atoms with Crippen molar-refractivity contribution < 1.29 is 4.79 Å². The van der Waals surface area contributed by atoms with Gasteiger partial charge in [-0.3, -0.25) is 9.59 Å². The van der Waals surface area contributed by atoms with E-state index in [1.54, 1.807) is 0 Å². The lowest BCUT2D eigenvalue weighted by molar-refractivity contribution is -0.128. The fourth-order valence-electron chi connectivity index (χ4n) is 2.04. The first-order valence-corrected chi connectivity index (χ1v) is 7.13. The molecule has 7 heteroatoms. The lowest BCUT2D eigenvalue weighted by Gasteiger charge is -2.16. The zero-order valence-corrected chi connectivity index (χ0v) is 12.5. The van der Waals surface area contributed by atoms with Crippen molar-refractivity contribution >= 4 is 27.5 Å². The smallest absolute Gasteiger partial charge is 0.284 e. The number of carbonyl (C=O) groups is 1. The van der Waals surface area contributed by atoms with E-state index in [2.05, 4.69) is 32.3 Å². The number of anilines is 1. The monoisotopic (exact) mass is 338 g/mol. The van der Waals surface area contributed by atoms with Crippen LogP contribution in [0.4, 0.5) is 5.69 Å². The molecule has 0 aliphatic carbocycles. The van der Waals surface area contributed by atoms with Gasteiger partial charge in [-0.25, -0.2) is 4.68 Å².